The van der Waals surface area contributed by atoms with Crippen LogP contribution in [-0.2, 0) is 16.6 Å². The molecule has 0 aliphatic carbocycles. The van der Waals surface area contributed by atoms with E-state index in [-0.39, 0.29) is 10.8 Å². The molecule has 4 rings (SSSR count). The Bertz CT molecular complexity index is 1140. The van der Waals surface area contributed by atoms with E-state index in [4.69, 9.17) is 4.74 Å². The molecule has 0 atom stereocenters. The standard InChI is InChI=1S/C24H24N2O4S/c27-24(20-7-6-10-22(17-20)30-21-8-2-1-3-9-21)25-18-19-11-13-23(14-12-19)31(28,29)26-15-4-5-16-26/h1-3,6-14,17H,4-5,15-16,18H2,(H,25,27). The van der Waals surface area contributed by atoms with E-state index in [1.165, 1.54) is 4.31 Å². The number of nitrogens with one attached hydrogen (secondary N) is 1. The van der Waals surface area contributed by atoms with Gasteiger partial charge in [0.25, 0.3) is 5.91 Å². The van der Waals surface area contributed by atoms with E-state index >= 15 is 0 Å². The number of ether oxygens (including phenoxy) is 1. The average Bonchev–Trinajstić information content (AvgIpc) is 3.35. The van der Waals surface area contributed by atoms with E-state index in [2.05, 4.69) is 5.32 Å². The van der Waals surface area contributed by atoms with Gasteiger partial charge in [-0.05, 0) is 60.9 Å². The van der Waals surface area contributed by atoms with Crippen molar-refractivity contribution < 1.29 is 17.9 Å². The van der Waals surface area contributed by atoms with Crippen LogP contribution in [0.2, 0.25) is 0 Å². The van der Waals surface area contributed by atoms with Gasteiger partial charge in [0.15, 0.2) is 0 Å². The van der Waals surface area contributed by atoms with Gasteiger partial charge in [-0.3, -0.25) is 4.79 Å². The first kappa shape index (κ1) is 21.1. The van der Waals surface area contributed by atoms with Gasteiger partial charge in [-0.25, -0.2) is 8.42 Å². The third kappa shape index (κ3) is 5.13. The molecule has 1 aliphatic heterocycles. The van der Waals surface area contributed by atoms with Crippen LogP contribution < -0.4 is 10.1 Å². The van der Waals surface area contributed by atoms with Gasteiger partial charge in [0.1, 0.15) is 11.5 Å². The second-order valence-electron chi connectivity index (χ2n) is 7.38. The minimum Gasteiger partial charge on any atom is -0.457 e. The zero-order valence-electron chi connectivity index (χ0n) is 17.0. The van der Waals surface area contributed by atoms with Crippen molar-refractivity contribution in [3.05, 3.63) is 90.0 Å². The predicted molar refractivity (Wildman–Crippen MR) is 119 cm³/mol. The molecule has 1 N–H and O–H groups in total. The number of carbonyl (C=O) groups excluding carboxylic acids is 1. The molecule has 1 amide bonds. The summed E-state index contributed by atoms with van der Waals surface area (Å²) < 4.78 is 32.5. The number of para-hydroxylation sites is 1. The molecule has 3 aromatic rings. The van der Waals surface area contributed by atoms with Crippen molar-refractivity contribution >= 4 is 15.9 Å². The summed E-state index contributed by atoms with van der Waals surface area (Å²) in [4.78, 5) is 12.8. The van der Waals surface area contributed by atoms with Gasteiger partial charge in [0, 0.05) is 25.2 Å². The maximum Gasteiger partial charge on any atom is 0.251 e. The van der Waals surface area contributed by atoms with Crippen molar-refractivity contribution in [2.75, 3.05) is 13.1 Å². The van der Waals surface area contributed by atoms with Crippen molar-refractivity contribution in [3.8, 4) is 11.5 Å². The summed E-state index contributed by atoms with van der Waals surface area (Å²) in [5.74, 6) is 1.05. The van der Waals surface area contributed by atoms with Crippen LogP contribution in [0, 0.1) is 0 Å². The first-order valence-corrected chi connectivity index (χ1v) is 11.7. The van der Waals surface area contributed by atoms with Gasteiger partial charge < -0.3 is 10.1 Å². The van der Waals surface area contributed by atoms with E-state index in [9.17, 15) is 13.2 Å². The molecule has 3 aromatic carbocycles. The zero-order chi connectivity index (χ0) is 21.7. The molecular formula is C24H24N2O4S. The van der Waals surface area contributed by atoms with Gasteiger partial charge in [0.2, 0.25) is 10.0 Å². The van der Waals surface area contributed by atoms with Crippen molar-refractivity contribution in [1.29, 1.82) is 0 Å². The Morgan fingerprint density at radius 3 is 2.26 bits per heavy atom. The molecule has 6 nitrogen and oxygen atoms in total. The minimum absolute atomic E-state index is 0.229. The van der Waals surface area contributed by atoms with Gasteiger partial charge in [0.05, 0.1) is 4.90 Å². The van der Waals surface area contributed by atoms with Crippen LogP contribution in [0.3, 0.4) is 0 Å². The number of nitrogens with zero attached hydrogens (tertiary/aromatic N) is 1. The van der Waals surface area contributed by atoms with Crippen LogP contribution in [0.4, 0.5) is 0 Å². The van der Waals surface area contributed by atoms with Crippen LogP contribution in [0.1, 0.15) is 28.8 Å². The Labute approximate surface area is 182 Å². The molecule has 31 heavy (non-hydrogen) atoms. The fraction of sp³-hybridized carbons (Fsp3) is 0.208. The maximum absolute atomic E-state index is 12.6. The topological polar surface area (TPSA) is 75.7 Å². The molecule has 0 saturated carbocycles. The fourth-order valence-electron chi connectivity index (χ4n) is 3.47. The normalized spacial score (nSPS) is 14.3. The Morgan fingerprint density at radius 1 is 0.871 bits per heavy atom. The lowest BCUT2D eigenvalue weighted by molar-refractivity contribution is 0.0950. The molecule has 0 radical (unpaired) electrons. The monoisotopic (exact) mass is 436 g/mol. The Morgan fingerprint density at radius 2 is 1.55 bits per heavy atom. The Hall–Kier alpha value is -3.16. The van der Waals surface area contributed by atoms with Crippen molar-refractivity contribution in [1.82, 2.24) is 9.62 Å². The van der Waals surface area contributed by atoms with E-state index in [0.29, 0.717) is 36.7 Å². The summed E-state index contributed by atoms with van der Waals surface area (Å²) >= 11 is 0. The highest BCUT2D eigenvalue weighted by atomic mass is 32.2. The maximum atomic E-state index is 12.6. The number of benzene rings is 3. The SMILES string of the molecule is O=C(NCc1ccc(S(=O)(=O)N2CCCC2)cc1)c1cccc(Oc2ccccc2)c1. The molecule has 0 unspecified atom stereocenters. The zero-order valence-corrected chi connectivity index (χ0v) is 17.8. The lowest BCUT2D eigenvalue weighted by Crippen LogP contribution is -2.28. The van der Waals surface area contributed by atoms with Crippen LogP contribution >= 0.6 is 0 Å². The largest absolute Gasteiger partial charge is 0.457 e. The smallest absolute Gasteiger partial charge is 0.251 e. The Kier molecular flexibility index (Phi) is 6.34. The summed E-state index contributed by atoms with van der Waals surface area (Å²) in [6.07, 6.45) is 1.81. The summed E-state index contributed by atoms with van der Waals surface area (Å²) in [6.45, 7) is 1.45. The van der Waals surface area contributed by atoms with Crippen molar-refractivity contribution in [2.45, 2.75) is 24.3 Å². The number of rotatable bonds is 7. The molecule has 7 heteroatoms. The van der Waals surface area contributed by atoms with Crippen LogP contribution in [0.25, 0.3) is 0 Å². The van der Waals surface area contributed by atoms with Crippen LogP contribution in [0.15, 0.2) is 83.8 Å². The van der Waals surface area contributed by atoms with Crippen LogP contribution in [0.5, 0.6) is 11.5 Å². The molecule has 0 spiro atoms. The second-order valence-corrected chi connectivity index (χ2v) is 9.32. The van der Waals surface area contributed by atoms with E-state index in [0.717, 1.165) is 18.4 Å². The average molecular weight is 437 g/mol. The van der Waals surface area contributed by atoms with Gasteiger partial charge >= 0.3 is 0 Å². The third-order valence-electron chi connectivity index (χ3n) is 5.15. The predicted octanol–water partition coefficient (Wildman–Crippen LogP) is 4.19. The molecule has 160 valence electrons. The third-order valence-corrected chi connectivity index (χ3v) is 7.07. The summed E-state index contributed by atoms with van der Waals surface area (Å²) in [7, 11) is -3.43. The van der Waals surface area contributed by atoms with Gasteiger partial charge in [-0.15, -0.1) is 0 Å². The minimum atomic E-state index is -3.43. The fourth-order valence-corrected chi connectivity index (χ4v) is 4.98. The molecule has 0 bridgehead atoms. The molecule has 1 aliphatic rings. The Balaban J connectivity index is 1.37. The number of hydrogen-bond acceptors (Lipinski definition) is 4. The van der Waals surface area contributed by atoms with Crippen molar-refractivity contribution in [3.63, 3.8) is 0 Å². The summed E-state index contributed by atoms with van der Waals surface area (Å²) in [6, 6.07) is 23.0. The van der Waals surface area contributed by atoms with Gasteiger partial charge in [-0.2, -0.15) is 4.31 Å². The summed E-state index contributed by atoms with van der Waals surface area (Å²) in [5, 5.41) is 2.87. The first-order valence-electron chi connectivity index (χ1n) is 10.2. The molecular weight excluding hydrogens is 412 g/mol. The van der Waals surface area contributed by atoms with E-state index in [1.54, 1.807) is 48.5 Å². The molecule has 1 saturated heterocycles. The highest BCUT2D eigenvalue weighted by Gasteiger charge is 2.26. The van der Waals surface area contributed by atoms with E-state index in [1.807, 2.05) is 30.3 Å². The van der Waals surface area contributed by atoms with Crippen LogP contribution in [-0.4, -0.2) is 31.7 Å². The highest BCUT2D eigenvalue weighted by Crippen LogP contribution is 2.23. The molecule has 0 aromatic heterocycles. The highest BCUT2D eigenvalue weighted by molar-refractivity contribution is 7.89. The van der Waals surface area contributed by atoms with E-state index < -0.39 is 10.0 Å². The molecule has 1 heterocycles. The second kappa shape index (κ2) is 9.32. The number of hydrogen-bond donors (Lipinski definition) is 1. The van der Waals surface area contributed by atoms with Crippen molar-refractivity contribution in [2.24, 2.45) is 0 Å². The van der Waals surface area contributed by atoms with Gasteiger partial charge in [-0.1, -0.05) is 36.4 Å². The quantitative estimate of drug-likeness (QED) is 0.603. The number of sulfonamides is 1. The molecule has 1 fully saturated rings. The first-order chi connectivity index (χ1) is 15.0. The lowest BCUT2D eigenvalue weighted by Gasteiger charge is -2.15. The lowest BCUT2D eigenvalue weighted by atomic mass is 10.2. The number of amides is 1. The summed E-state index contributed by atoms with van der Waals surface area (Å²) in [5.41, 5.74) is 1.31. The number of carbonyl (C=O) groups is 1.